The summed E-state index contributed by atoms with van der Waals surface area (Å²) in [6.07, 6.45) is 1.49. The van der Waals surface area contributed by atoms with E-state index in [0.717, 1.165) is 5.56 Å². The molecule has 0 fully saturated rings. The Labute approximate surface area is 170 Å². The Morgan fingerprint density at radius 1 is 1.04 bits per heavy atom. The summed E-state index contributed by atoms with van der Waals surface area (Å²) in [6.45, 7) is 0. The molecule has 2 aromatic heterocycles. The first-order valence-electron chi connectivity index (χ1n) is 8.47. The van der Waals surface area contributed by atoms with Gasteiger partial charge in [-0.1, -0.05) is 47.5 Å². The summed E-state index contributed by atoms with van der Waals surface area (Å²) < 4.78 is 15.4. The highest BCUT2D eigenvalue weighted by Crippen LogP contribution is 2.31. The van der Waals surface area contributed by atoms with Crippen molar-refractivity contribution in [3.63, 3.8) is 0 Å². The molecule has 4 nitrogen and oxygen atoms in total. The van der Waals surface area contributed by atoms with Gasteiger partial charge in [0, 0.05) is 21.8 Å². The van der Waals surface area contributed by atoms with Crippen molar-refractivity contribution < 1.29 is 9.18 Å². The standard InChI is InChI=1S/C21H14Cl2FN3O/c22-15-6-4-13(5-7-15)10-19(28)26-21-20(14-2-1-3-16(23)11-14)27-12-17(24)8-9-18(27)25-21/h1-9,11-12H,10H2,(H,26,28). The molecule has 0 atom stereocenters. The Bertz CT molecular complexity index is 1170. The lowest BCUT2D eigenvalue weighted by molar-refractivity contribution is -0.115. The van der Waals surface area contributed by atoms with Gasteiger partial charge in [-0.3, -0.25) is 9.20 Å². The van der Waals surface area contributed by atoms with Crippen molar-refractivity contribution >= 4 is 40.6 Å². The molecule has 0 bridgehead atoms. The highest BCUT2D eigenvalue weighted by molar-refractivity contribution is 6.31. The molecule has 0 aliphatic heterocycles. The zero-order valence-corrected chi connectivity index (χ0v) is 16.0. The van der Waals surface area contributed by atoms with Crippen molar-refractivity contribution in [2.24, 2.45) is 0 Å². The van der Waals surface area contributed by atoms with E-state index in [2.05, 4.69) is 10.3 Å². The first-order valence-corrected chi connectivity index (χ1v) is 9.23. The highest BCUT2D eigenvalue weighted by atomic mass is 35.5. The van der Waals surface area contributed by atoms with E-state index in [0.29, 0.717) is 32.8 Å². The largest absolute Gasteiger partial charge is 0.309 e. The number of rotatable bonds is 4. The number of pyridine rings is 1. The number of hydrogen-bond acceptors (Lipinski definition) is 2. The minimum atomic E-state index is -0.410. The van der Waals surface area contributed by atoms with Crippen molar-refractivity contribution in [3.05, 3.63) is 88.3 Å². The number of amides is 1. The molecule has 140 valence electrons. The quantitative estimate of drug-likeness (QED) is 0.471. The van der Waals surface area contributed by atoms with Crippen molar-refractivity contribution in [2.75, 3.05) is 5.32 Å². The van der Waals surface area contributed by atoms with Crippen molar-refractivity contribution in [1.29, 1.82) is 0 Å². The Morgan fingerprint density at radius 2 is 1.82 bits per heavy atom. The number of carbonyl (C=O) groups is 1. The zero-order valence-electron chi connectivity index (χ0n) is 14.5. The van der Waals surface area contributed by atoms with Gasteiger partial charge >= 0.3 is 0 Å². The van der Waals surface area contributed by atoms with Crippen LogP contribution >= 0.6 is 23.2 Å². The van der Waals surface area contributed by atoms with Crippen LogP contribution in [0.3, 0.4) is 0 Å². The lowest BCUT2D eigenvalue weighted by Crippen LogP contribution is -2.15. The molecule has 1 amide bonds. The monoisotopic (exact) mass is 413 g/mol. The molecule has 0 unspecified atom stereocenters. The van der Waals surface area contributed by atoms with Gasteiger partial charge in [0.2, 0.25) is 5.91 Å². The molecule has 28 heavy (non-hydrogen) atoms. The summed E-state index contributed by atoms with van der Waals surface area (Å²) in [5, 5.41) is 3.97. The fraction of sp³-hybridized carbons (Fsp3) is 0.0476. The molecule has 0 saturated heterocycles. The summed E-state index contributed by atoms with van der Waals surface area (Å²) in [5.74, 6) is -0.312. The Kier molecular flexibility index (Phi) is 5.03. The van der Waals surface area contributed by atoms with E-state index in [-0.39, 0.29) is 12.3 Å². The molecular weight excluding hydrogens is 400 g/mol. The highest BCUT2D eigenvalue weighted by Gasteiger charge is 2.17. The lowest BCUT2D eigenvalue weighted by atomic mass is 10.1. The third kappa shape index (κ3) is 3.86. The summed E-state index contributed by atoms with van der Waals surface area (Å²) >= 11 is 12.0. The smallest absolute Gasteiger partial charge is 0.230 e. The van der Waals surface area contributed by atoms with Gasteiger partial charge in [0.15, 0.2) is 5.82 Å². The van der Waals surface area contributed by atoms with Crippen LogP contribution < -0.4 is 5.32 Å². The Balaban J connectivity index is 1.72. The maximum atomic E-state index is 13.8. The third-order valence-corrected chi connectivity index (χ3v) is 4.70. The molecule has 2 heterocycles. The average molecular weight is 414 g/mol. The fourth-order valence-corrected chi connectivity index (χ4v) is 3.30. The zero-order chi connectivity index (χ0) is 19.7. The van der Waals surface area contributed by atoms with Crippen LogP contribution in [-0.4, -0.2) is 15.3 Å². The van der Waals surface area contributed by atoms with E-state index < -0.39 is 5.82 Å². The third-order valence-electron chi connectivity index (χ3n) is 4.22. The average Bonchev–Trinajstić information content (AvgIpc) is 3.00. The molecule has 4 aromatic rings. The topological polar surface area (TPSA) is 46.4 Å². The van der Waals surface area contributed by atoms with Crippen molar-refractivity contribution in [3.8, 4) is 11.3 Å². The minimum Gasteiger partial charge on any atom is -0.309 e. The van der Waals surface area contributed by atoms with Gasteiger partial charge in [-0.2, -0.15) is 0 Å². The van der Waals surface area contributed by atoms with Gasteiger partial charge < -0.3 is 5.32 Å². The van der Waals surface area contributed by atoms with Crippen LogP contribution in [0, 0.1) is 5.82 Å². The number of aromatic nitrogens is 2. The van der Waals surface area contributed by atoms with E-state index in [1.165, 1.54) is 12.3 Å². The van der Waals surface area contributed by atoms with Gasteiger partial charge in [0.05, 0.1) is 12.1 Å². The molecule has 2 aromatic carbocycles. The molecular formula is C21H14Cl2FN3O. The van der Waals surface area contributed by atoms with Crippen molar-refractivity contribution in [1.82, 2.24) is 9.38 Å². The van der Waals surface area contributed by atoms with Gasteiger partial charge in [-0.05, 0) is 42.0 Å². The van der Waals surface area contributed by atoms with Crippen LogP contribution in [0.15, 0.2) is 66.9 Å². The molecule has 1 N–H and O–H groups in total. The number of halogens is 3. The van der Waals surface area contributed by atoms with E-state index in [4.69, 9.17) is 23.2 Å². The van der Waals surface area contributed by atoms with Crippen LogP contribution in [0.1, 0.15) is 5.56 Å². The number of hydrogen-bond donors (Lipinski definition) is 1. The maximum absolute atomic E-state index is 13.8. The molecule has 0 aliphatic carbocycles. The first kappa shape index (κ1) is 18.5. The number of carbonyl (C=O) groups excluding carboxylic acids is 1. The van der Waals surface area contributed by atoms with Crippen LogP contribution in [0.4, 0.5) is 10.2 Å². The number of fused-ring (bicyclic) bond motifs is 1. The molecule has 0 aliphatic rings. The number of nitrogens with one attached hydrogen (secondary N) is 1. The second kappa shape index (κ2) is 7.62. The van der Waals surface area contributed by atoms with Crippen LogP contribution in [-0.2, 0) is 11.2 Å². The Hall–Kier alpha value is -2.89. The lowest BCUT2D eigenvalue weighted by Gasteiger charge is -2.08. The number of imidazole rings is 1. The summed E-state index contributed by atoms with van der Waals surface area (Å²) in [4.78, 5) is 17.0. The van der Waals surface area contributed by atoms with Gasteiger partial charge in [-0.15, -0.1) is 0 Å². The second-order valence-corrected chi connectivity index (χ2v) is 7.12. The summed E-state index contributed by atoms with van der Waals surface area (Å²) in [7, 11) is 0. The van der Waals surface area contributed by atoms with E-state index in [1.807, 2.05) is 6.07 Å². The van der Waals surface area contributed by atoms with Gasteiger partial charge in [-0.25, -0.2) is 9.37 Å². The van der Waals surface area contributed by atoms with Crippen LogP contribution in [0.25, 0.3) is 16.9 Å². The van der Waals surface area contributed by atoms with Crippen LogP contribution in [0.2, 0.25) is 10.0 Å². The normalized spacial score (nSPS) is 11.0. The summed E-state index contributed by atoms with van der Waals surface area (Å²) in [5.41, 5.74) is 2.60. The molecule has 4 rings (SSSR count). The van der Waals surface area contributed by atoms with Gasteiger partial charge in [0.1, 0.15) is 11.5 Å². The van der Waals surface area contributed by atoms with E-state index in [1.54, 1.807) is 52.9 Å². The first-order chi connectivity index (χ1) is 13.5. The van der Waals surface area contributed by atoms with Crippen molar-refractivity contribution in [2.45, 2.75) is 6.42 Å². The Morgan fingerprint density at radius 3 is 2.57 bits per heavy atom. The summed E-state index contributed by atoms with van der Waals surface area (Å²) in [6, 6.07) is 17.0. The minimum absolute atomic E-state index is 0.161. The molecule has 0 radical (unpaired) electrons. The molecule has 7 heteroatoms. The maximum Gasteiger partial charge on any atom is 0.230 e. The molecule has 0 spiro atoms. The van der Waals surface area contributed by atoms with Gasteiger partial charge in [0.25, 0.3) is 0 Å². The second-order valence-electron chi connectivity index (χ2n) is 6.25. The predicted octanol–water partition coefficient (Wildman–Crippen LogP) is 5.63. The fourth-order valence-electron chi connectivity index (χ4n) is 2.98. The van der Waals surface area contributed by atoms with E-state index >= 15 is 0 Å². The van der Waals surface area contributed by atoms with Crippen LogP contribution in [0.5, 0.6) is 0 Å². The predicted molar refractivity (Wildman–Crippen MR) is 109 cm³/mol. The SMILES string of the molecule is O=C(Cc1ccc(Cl)cc1)Nc1nc2ccc(F)cn2c1-c1cccc(Cl)c1. The molecule has 0 saturated carbocycles. The number of nitrogens with zero attached hydrogens (tertiary/aromatic N) is 2. The van der Waals surface area contributed by atoms with E-state index in [9.17, 15) is 9.18 Å². The number of benzene rings is 2. The number of anilines is 1.